The van der Waals surface area contributed by atoms with Crippen LogP contribution in [-0.2, 0) is 0 Å². The molecular weight excluding hydrogens is 911 g/mol. The first kappa shape index (κ1) is 55.8. The minimum absolute atomic E-state index is 0. The van der Waals surface area contributed by atoms with E-state index in [4.69, 9.17) is 15.7 Å². The zero-order valence-electron chi connectivity index (χ0n) is 41.9. The Morgan fingerprint density at radius 2 is 0.641 bits per heavy atom. The second-order valence-corrected chi connectivity index (χ2v) is 18.3. The minimum atomic E-state index is 0. The molecule has 0 saturated carbocycles. The van der Waals surface area contributed by atoms with E-state index in [1.807, 2.05) is 101 Å². The van der Waals surface area contributed by atoms with Crippen LogP contribution in [0.15, 0.2) is 149 Å². The van der Waals surface area contributed by atoms with Gasteiger partial charge in [-0.05, 0) is 71.6 Å². The first-order valence-corrected chi connectivity index (χ1v) is 22.9. The van der Waals surface area contributed by atoms with Gasteiger partial charge >= 0.3 is 40.8 Å². The van der Waals surface area contributed by atoms with E-state index in [-0.39, 0.29) is 40.8 Å². The van der Waals surface area contributed by atoms with Crippen molar-refractivity contribution < 1.29 is 40.8 Å². The van der Waals surface area contributed by atoms with E-state index in [2.05, 4.69) is 148 Å². The Balaban J connectivity index is 0.000000344. The van der Waals surface area contributed by atoms with Crippen LogP contribution >= 0.6 is 0 Å². The molecule has 0 bridgehead atoms. The fourth-order valence-electron chi connectivity index (χ4n) is 7.33. The Bertz CT molecular complexity index is 2080. The number of aliphatic imine (C=N–C) groups is 2. The first-order chi connectivity index (χ1) is 29.8. The Hall–Kier alpha value is -4.33. The van der Waals surface area contributed by atoms with Crippen LogP contribution in [-0.4, -0.2) is 11.4 Å². The summed E-state index contributed by atoms with van der Waals surface area (Å²) in [5, 5.41) is 9.27. The Labute approximate surface area is 422 Å². The second-order valence-electron chi connectivity index (χ2n) is 18.3. The van der Waals surface area contributed by atoms with Crippen LogP contribution in [0.3, 0.4) is 0 Å². The molecule has 0 unspecified atom stereocenters. The topological polar surface area (TPSA) is 76.7 Å². The van der Waals surface area contributed by atoms with E-state index >= 15 is 0 Å². The maximum absolute atomic E-state index is 8.01. The van der Waals surface area contributed by atoms with Gasteiger partial charge in [-0.2, -0.15) is 11.4 Å². The molecular formula is C58H76N5Nd. The molecule has 0 aliphatic carbocycles. The Morgan fingerprint density at radius 3 is 0.891 bits per heavy atom. The third kappa shape index (κ3) is 17.9. The van der Waals surface area contributed by atoms with Crippen molar-refractivity contribution in [2.45, 2.75) is 146 Å². The van der Waals surface area contributed by atoms with Crippen LogP contribution < -0.4 is 0 Å². The molecule has 0 atom stereocenters. The molecule has 0 aliphatic rings. The van der Waals surface area contributed by atoms with Crippen molar-refractivity contribution in [3.63, 3.8) is 0 Å². The van der Waals surface area contributed by atoms with Gasteiger partial charge in [-0.1, -0.05) is 235 Å². The maximum Gasteiger partial charge on any atom is 3.00 e. The van der Waals surface area contributed by atoms with E-state index in [0.29, 0.717) is 35.5 Å². The molecule has 5 aromatic rings. The van der Waals surface area contributed by atoms with E-state index in [0.717, 1.165) is 62.4 Å². The van der Waals surface area contributed by atoms with Gasteiger partial charge in [-0.3, -0.25) is 9.98 Å². The van der Waals surface area contributed by atoms with Crippen LogP contribution in [0.5, 0.6) is 0 Å². The molecule has 0 heterocycles. The third-order valence-corrected chi connectivity index (χ3v) is 10.6. The van der Waals surface area contributed by atoms with Gasteiger partial charge in [0.05, 0.1) is 11.4 Å². The fourth-order valence-corrected chi connectivity index (χ4v) is 7.33. The van der Waals surface area contributed by atoms with Crippen LogP contribution in [0.25, 0.3) is 16.4 Å². The fraction of sp³-hybridized carbons (Fsp3) is 0.379. The average Bonchev–Trinajstić information content (AvgIpc) is 3.21. The number of allylic oxidation sites excluding steroid dienone is 4. The van der Waals surface area contributed by atoms with Gasteiger partial charge in [-0.25, -0.2) is 0 Å². The summed E-state index contributed by atoms with van der Waals surface area (Å²) in [7, 11) is 0. The van der Waals surface area contributed by atoms with Crippen LogP contribution in [0.1, 0.15) is 180 Å². The smallest absolute Gasteiger partial charge is 0.698 e. The summed E-state index contributed by atoms with van der Waals surface area (Å²) < 4.78 is 0. The number of nitrogens with one attached hydrogen (secondary N) is 1. The number of rotatable bonds is 14. The van der Waals surface area contributed by atoms with Crippen molar-refractivity contribution in [2.75, 3.05) is 0 Å². The van der Waals surface area contributed by atoms with Crippen molar-refractivity contribution in [2.24, 2.45) is 9.98 Å². The van der Waals surface area contributed by atoms with Crippen molar-refractivity contribution in [3.8, 4) is 0 Å². The van der Waals surface area contributed by atoms with Gasteiger partial charge in [0.15, 0.2) is 0 Å². The molecule has 6 heteroatoms. The zero-order valence-corrected chi connectivity index (χ0v) is 45.1. The maximum atomic E-state index is 8.01. The normalized spacial score (nSPS) is 12.3. The van der Waals surface area contributed by atoms with Crippen molar-refractivity contribution in [1.29, 1.82) is 0 Å². The number of hydrogen-bond donors (Lipinski definition) is 0. The monoisotopic (exact) mass is 985 g/mol. The molecule has 1 radical (unpaired) electrons. The summed E-state index contributed by atoms with van der Waals surface area (Å²) in [6, 6.07) is 39.2. The number of hydrogen-bond acceptors (Lipinski definition) is 2. The predicted molar refractivity (Wildman–Crippen MR) is 280 cm³/mol. The molecule has 0 spiro atoms. The second kappa shape index (κ2) is 27.9. The van der Waals surface area contributed by atoms with Gasteiger partial charge in [0, 0.05) is 11.4 Å². The standard InChI is InChI=1S/2C23H29N2.C12H18N.Nd/c2*1-16(2)21-13-10-14-22(17(3)4)23(21)25-19(6)15-18(5)24-20-11-8-7-9-12-20;1-8(2)10-6-5-7-11(9(3)4)12(10)13;/h2*7-17H,1-6H3;5-9,13H,1-4H3;/q3*-1;+3/b2*18-15-,25-19?;;. The van der Waals surface area contributed by atoms with Gasteiger partial charge < -0.3 is 16.4 Å². The summed E-state index contributed by atoms with van der Waals surface area (Å²) >= 11 is 0. The summed E-state index contributed by atoms with van der Waals surface area (Å²) in [5.74, 6) is 2.69. The molecule has 0 aliphatic heterocycles. The van der Waals surface area contributed by atoms with E-state index < -0.39 is 0 Å². The summed E-state index contributed by atoms with van der Waals surface area (Å²) in [4.78, 5) is 9.93. The number of nitrogens with zero attached hydrogens (tertiary/aromatic N) is 4. The van der Waals surface area contributed by atoms with Crippen molar-refractivity contribution in [1.82, 2.24) is 0 Å². The molecule has 64 heavy (non-hydrogen) atoms. The molecule has 0 saturated heterocycles. The quantitative estimate of drug-likeness (QED) is 0.0994. The summed E-state index contributed by atoms with van der Waals surface area (Å²) in [6.45, 7) is 34.4. The van der Waals surface area contributed by atoms with Gasteiger partial charge in [0.25, 0.3) is 0 Å². The molecule has 0 amide bonds. The van der Waals surface area contributed by atoms with Crippen LogP contribution in [0.2, 0.25) is 0 Å². The molecule has 0 fully saturated rings. The zero-order chi connectivity index (χ0) is 46.8. The average molecular weight is 988 g/mol. The van der Waals surface area contributed by atoms with E-state index in [1.54, 1.807) is 0 Å². The summed E-state index contributed by atoms with van der Waals surface area (Å²) in [5.41, 5.74) is 24.3. The molecule has 1 N–H and O–H groups in total. The SMILES string of the molecule is CC(/C=C(/C)[N-]c1ccccc1)=Nc1c(C(C)C)cccc1C(C)C.CC(/C=C(/C)[N-]c1ccccc1)=Nc1c(C(C)C)cccc1C(C)C.CC(C)c1cccc(C(C)C)c1[NH-].[Nd+3]. The molecule has 0 aromatic heterocycles. The van der Waals surface area contributed by atoms with E-state index in [1.165, 1.54) is 22.3 Å². The molecule has 5 nitrogen and oxygen atoms in total. The number of benzene rings is 5. The van der Waals surface area contributed by atoms with Crippen LogP contribution in [0.4, 0.5) is 28.4 Å². The predicted octanol–water partition coefficient (Wildman–Crippen LogP) is 19.9. The summed E-state index contributed by atoms with van der Waals surface area (Å²) in [6.07, 6.45) is 4.10. The van der Waals surface area contributed by atoms with Gasteiger partial charge in [-0.15, -0.1) is 17.1 Å². The molecule has 5 rings (SSSR count). The Kier molecular flexibility index (Phi) is 24.3. The third-order valence-electron chi connectivity index (χ3n) is 10.6. The Morgan fingerprint density at radius 1 is 0.391 bits per heavy atom. The largest absolute Gasteiger partial charge is 3.00 e. The van der Waals surface area contributed by atoms with Crippen molar-refractivity contribution >= 4 is 39.9 Å². The van der Waals surface area contributed by atoms with Crippen molar-refractivity contribution in [3.05, 3.63) is 189 Å². The van der Waals surface area contributed by atoms with E-state index in [9.17, 15) is 0 Å². The molecule has 337 valence electrons. The van der Waals surface area contributed by atoms with Gasteiger partial charge in [0.2, 0.25) is 0 Å². The number of para-hydroxylation sites is 4. The van der Waals surface area contributed by atoms with Crippen LogP contribution in [0, 0.1) is 40.8 Å². The molecule has 5 aromatic carbocycles. The van der Waals surface area contributed by atoms with Gasteiger partial charge in [0.1, 0.15) is 0 Å². The first-order valence-electron chi connectivity index (χ1n) is 22.9. The minimum Gasteiger partial charge on any atom is -0.698 e.